The number of anilines is 1. The zero-order valence-corrected chi connectivity index (χ0v) is 12.3. The van der Waals surface area contributed by atoms with Gasteiger partial charge in [-0.2, -0.15) is 0 Å². The van der Waals surface area contributed by atoms with E-state index in [1.165, 1.54) is 25.7 Å². The van der Waals surface area contributed by atoms with Crippen LogP contribution in [0.3, 0.4) is 0 Å². The lowest BCUT2D eigenvalue weighted by molar-refractivity contribution is 0.726. The van der Waals surface area contributed by atoms with Crippen LogP contribution in [0.15, 0.2) is 4.79 Å². The standard InChI is InChI=1S/C12H18IN3O/c1-2-9-10(13)11(17)15-12(14-9)16-7-5-3-4-6-8-16/h2-8H2,1H3,(H,14,15,17). The van der Waals surface area contributed by atoms with E-state index in [1.807, 2.05) is 6.92 Å². The fourth-order valence-corrected chi connectivity index (χ4v) is 2.80. The largest absolute Gasteiger partial charge is 0.342 e. The Morgan fingerprint density at radius 3 is 2.53 bits per heavy atom. The highest BCUT2D eigenvalue weighted by Gasteiger charge is 2.14. The van der Waals surface area contributed by atoms with Gasteiger partial charge in [0.15, 0.2) is 0 Å². The number of halogens is 1. The van der Waals surface area contributed by atoms with Gasteiger partial charge in [-0.05, 0) is 41.9 Å². The first kappa shape index (κ1) is 12.9. The first-order valence-corrected chi connectivity index (χ1v) is 7.34. The number of aromatic nitrogens is 2. The second-order valence-corrected chi connectivity index (χ2v) is 5.48. The molecular weight excluding hydrogens is 329 g/mol. The van der Waals surface area contributed by atoms with E-state index >= 15 is 0 Å². The lowest BCUT2D eigenvalue weighted by Gasteiger charge is -2.21. The van der Waals surface area contributed by atoms with Crippen molar-refractivity contribution in [2.75, 3.05) is 18.0 Å². The molecule has 0 spiro atoms. The number of hydrogen-bond acceptors (Lipinski definition) is 3. The smallest absolute Gasteiger partial charge is 0.265 e. The Morgan fingerprint density at radius 1 is 1.29 bits per heavy atom. The van der Waals surface area contributed by atoms with Crippen molar-refractivity contribution < 1.29 is 0 Å². The van der Waals surface area contributed by atoms with E-state index in [4.69, 9.17) is 0 Å². The molecule has 1 aromatic heterocycles. The maximum absolute atomic E-state index is 11.8. The first-order chi connectivity index (χ1) is 8.22. The number of aromatic amines is 1. The van der Waals surface area contributed by atoms with Crippen LogP contribution in [0.1, 0.15) is 38.3 Å². The van der Waals surface area contributed by atoms with E-state index in [0.717, 1.165) is 34.7 Å². The minimum absolute atomic E-state index is 0.00306. The summed E-state index contributed by atoms with van der Waals surface area (Å²) in [6.07, 6.45) is 5.76. The van der Waals surface area contributed by atoms with Gasteiger partial charge < -0.3 is 4.90 Å². The molecule has 2 rings (SSSR count). The summed E-state index contributed by atoms with van der Waals surface area (Å²) in [5.74, 6) is 0.758. The number of hydrogen-bond donors (Lipinski definition) is 1. The molecule has 1 aromatic rings. The molecule has 0 aliphatic carbocycles. The van der Waals surface area contributed by atoms with E-state index in [1.54, 1.807) is 0 Å². The maximum atomic E-state index is 11.8. The van der Waals surface area contributed by atoms with E-state index in [2.05, 4.69) is 37.5 Å². The predicted molar refractivity (Wildman–Crippen MR) is 77.6 cm³/mol. The minimum Gasteiger partial charge on any atom is -0.342 e. The van der Waals surface area contributed by atoms with Gasteiger partial charge >= 0.3 is 0 Å². The highest BCUT2D eigenvalue weighted by atomic mass is 127. The van der Waals surface area contributed by atoms with E-state index in [0.29, 0.717) is 0 Å². The zero-order chi connectivity index (χ0) is 12.3. The van der Waals surface area contributed by atoms with Gasteiger partial charge in [-0.25, -0.2) is 4.98 Å². The highest BCUT2D eigenvalue weighted by Crippen LogP contribution is 2.16. The number of aryl methyl sites for hydroxylation is 1. The van der Waals surface area contributed by atoms with Crippen LogP contribution in [-0.2, 0) is 6.42 Å². The van der Waals surface area contributed by atoms with Crippen molar-refractivity contribution in [3.05, 3.63) is 19.6 Å². The first-order valence-electron chi connectivity index (χ1n) is 6.26. The fraction of sp³-hybridized carbons (Fsp3) is 0.667. The van der Waals surface area contributed by atoms with Crippen molar-refractivity contribution in [2.45, 2.75) is 39.0 Å². The molecule has 17 heavy (non-hydrogen) atoms. The Balaban J connectivity index is 2.31. The summed E-state index contributed by atoms with van der Waals surface area (Å²) in [5.41, 5.74) is 0.908. The van der Waals surface area contributed by atoms with E-state index < -0.39 is 0 Å². The fourth-order valence-electron chi connectivity index (χ4n) is 2.16. The molecule has 0 bridgehead atoms. The molecule has 1 fully saturated rings. The molecule has 0 unspecified atom stereocenters. The summed E-state index contributed by atoms with van der Waals surface area (Å²) in [4.78, 5) is 21.5. The molecule has 1 aliphatic heterocycles. The Hall–Kier alpha value is -0.590. The van der Waals surface area contributed by atoms with Gasteiger partial charge in [0, 0.05) is 13.1 Å². The summed E-state index contributed by atoms with van der Waals surface area (Å²) in [7, 11) is 0. The van der Waals surface area contributed by atoms with Gasteiger partial charge in [-0.3, -0.25) is 9.78 Å². The second-order valence-electron chi connectivity index (χ2n) is 4.41. The van der Waals surface area contributed by atoms with Crippen molar-refractivity contribution in [1.29, 1.82) is 0 Å². The highest BCUT2D eigenvalue weighted by molar-refractivity contribution is 14.1. The molecule has 94 valence electrons. The van der Waals surface area contributed by atoms with Crippen LogP contribution in [0.25, 0.3) is 0 Å². The Labute approximate surface area is 115 Å². The van der Waals surface area contributed by atoms with Crippen LogP contribution in [0, 0.1) is 3.57 Å². The molecule has 0 atom stereocenters. The molecule has 1 N–H and O–H groups in total. The average Bonchev–Trinajstić information content (AvgIpc) is 2.61. The molecule has 5 heteroatoms. The van der Waals surface area contributed by atoms with Gasteiger partial charge in [-0.15, -0.1) is 0 Å². The maximum Gasteiger partial charge on any atom is 0.265 e. The molecule has 0 radical (unpaired) electrons. The third-order valence-electron chi connectivity index (χ3n) is 3.16. The summed E-state index contributed by atoms with van der Waals surface area (Å²) >= 11 is 2.08. The zero-order valence-electron chi connectivity index (χ0n) is 10.1. The molecule has 4 nitrogen and oxygen atoms in total. The van der Waals surface area contributed by atoms with Crippen molar-refractivity contribution in [3.8, 4) is 0 Å². The number of rotatable bonds is 2. The summed E-state index contributed by atoms with van der Waals surface area (Å²) in [6.45, 7) is 4.05. The predicted octanol–water partition coefficient (Wildman–Crippen LogP) is 2.32. The average molecular weight is 347 g/mol. The van der Waals surface area contributed by atoms with E-state index in [-0.39, 0.29) is 5.56 Å². The SMILES string of the molecule is CCc1nc(N2CCCCCC2)[nH]c(=O)c1I. The molecule has 1 aliphatic rings. The van der Waals surface area contributed by atoms with Gasteiger partial charge in [0.25, 0.3) is 5.56 Å². The van der Waals surface area contributed by atoms with Gasteiger partial charge in [0.1, 0.15) is 0 Å². The van der Waals surface area contributed by atoms with Crippen molar-refractivity contribution in [2.24, 2.45) is 0 Å². The van der Waals surface area contributed by atoms with Crippen LogP contribution < -0.4 is 10.5 Å². The van der Waals surface area contributed by atoms with Crippen molar-refractivity contribution >= 4 is 28.5 Å². The Bertz CT molecular complexity index is 436. The van der Waals surface area contributed by atoms with Crippen LogP contribution in [0.2, 0.25) is 0 Å². The van der Waals surface area contributed by atoms with Crippen molar-refractivity contribution in [3.63, 3.8) is 0 Å². The number of H-pyrrole nitrogens is 1. The Kier molecular flexibility index (Phi) is 4.42. The number of nitrogens with one attached hydrogen (secondary N) is 1. The lowest BCUT2D eigenvalue weighted by atomic mass is 10.2. The molecule has 0 saturated carbocycles. The third kappa shape index (κ3) is 3.00. The van der Waals surface area contributed by atoms with Crippen LogP contribution in [0.5, 0.6) is 0 Å². The molecule has 2 heterocycles. The summed E-state index contributed by atoms with van der Waals surface area (Å²) in [5, 5.41) is 0. The van der Waals surface area contributed by atoms with Crippen LogP contribution in [0.4, 0.5) is 5.95 Å². The number of nitrogens with zero attached hydrogens (tertiary/aromatic N) is 2. The van der Waals surface area contributed by atoms with Crippen LogP contribution in [-0.4, -0.2) is 23.1 Å². The lowest BCUT2D eigenvalue weighted by Crippen LogP contribution is -2.29. The third-order valence-corrected chi connectivity index (χ3v) is 4.27. The second kappa shape index (κ2) is 5.84. The summed E-state index contributed by atoms with van der Waals surface area (Å²) < 4.78 is 0.726. The van der Waals surface area contributed by atoms with Crippen molar-refractivity contribution in [1.82, 2.24) is 9.97 Å². The van der Waals surface area contributed by atoms with Crippen LogP contribution >= 0.6 is 22.6 Å². The molecule has 0 aromatic carbocycles. The summed E-state index contributed by atoms with van der Waals surface area (Å²) in [6, 6.07) is 0. The van der Waals surface area contributed by atoms with Gasteiger partial charge in [-0.1, -0.05) is 19.8 Å². The van der Waals surface area contributed by atoms with Gasteiger partial charge in [0.2, 0.25) is 5.95 Å². The van der Waals surface area contributed by atoms with E-state index in [9.17, 15) is 4.79 Å². The molecule has 0 amide bonds. The quantitative estimate of drug-likeness (QED) is 0.836. The normalized spacial score (nSPS) is 16.9. The topological polar surface area (TPSA) is 49.0 Å². The Morgan fingerprint density at radius 2 is 1.94 bits per heavy atom. The minimum atomic E-state index is -0.00306. The molecule has 1 saturated heterocycles. The monoisotopic (exact) mass is 347 g/mol. The van der Waals surface area contributed by atoms with Gasteiger partial charge in [0.05, 0.1) is 9.26 Å². The molecular formula is C12H18IN3O.